The first-order chi connectivity index (χ1) is 9.62. The molecule has 0 aliphatic carbocycles. The number of hydrogen-bond acceptors (Lipinski definition) is 4. The van der Waals surface area contributed by atoms with E-state index in [0.29, 0.717) is 26.1 Å². The maximum Gasteiger partial charge on any atom is 0.305 e. The topological polar surface area (TPSA) is 52.6 Å². The summed E-state index contributed by atoms with van der Waals surface area (Å²) in [6.07, 6.45) is 7.66. The minimum absolute atomic E-state index is 0. The zero-order chi connectivity index (χ0) is 15.6. The molecule has 0 unspecified atom stereocenters. The van der Waals surface area contributed by atoms with E-state index in [-0.39, 0.29) is 45.8 Å². The minimum Gasteiger partial charge on any atom is -0.466 e. The minimum atomic E-state index is -0.0593. The van der Waals surface area contributed by atoms with Crippen molar-refractivity contribution in [3.8, 4) is 0 Å². The van der Waals surface area contributed by atoms with Crippen molar-refractivity contribution in [2.45, 2.75) is 79.1 Å². The number of unbranched alkanes of at least 4 members (excludes halogenated alkanes) is 4. The van der Waals surface area contributed by atoms with E-state index in [1.54, 1.807) is 0 Å². The van der Waals surface area contributed by atoms with Crippen LogP contribution >= 0.6 is 0 Å². The van der Waals surface area contributed by atoms with Crippen LogP contribution in [0.15, 0.2) is 0 Å². The Morgan fingerprint density at radius 1 is 0.682 bits per heavy atom. The van der Waals surface area contributed by atoms with Gasteiger partial charge in [0.25, 0.3) is 0 Å². The smallest absolute Gasteiger partial charge is 0.305 e. The molecule has 0 spiro atoms. The molecule has 0 atom stereocenters. The van der Waals surface area contributed by atoms with Crippen LogP contribution in [0.25, 0.3) is 0 Å². The van der Waals surface area contributed by atoms with E-state index in [4.69, 9.17) is 9.47 Å². The number of carbonyl (C=O) groups is 2. The zero-order valence-electron chi connectivity index (χ0n) is 14.4. The predicted octanol–water partition coefficient (Wildman–Crippen LogP) is 4.25. The third-order valence-electron chi connectivity index (χ3n) is 2.58. The van der Waals surface area contributed by atoms with Crippen molar-refractivity contribution in [1.29, 1.82) is 0 Å². The summed E-state index contributed by atoms with van der Waals surface area (Å²) in [4.78, 5) is 21.4. The van der Waals surface area contributed by atoms with Crippen LogP contribution in [0, 0.1) is 0 Å². The first-order valence-electron chi connectivity index (χ1n) is 7.93. The van der Waals surface area contributed by atoms with Gasteiger partial charge in [0, 0.05) is 46.7 Å². The van der Waals surface area contributed by atoms with Crippen LogP contribution in [0.5, 0.6) is 0 Å². The Labute approximate surface area is 157 Å². The van der Waals surface area contributed by atoms with Gasteiger partial charge in [0.2, 0.25) is 0 Å². The van der Waals surface area contributed by atoms with Crippen LogP contribution in [0.1, 0.15) is 79.1 Å². The van der Waals surface area contributed by atoms with Gasteiger partial charge in [0.05, 0.1) is 13.2 Å². The van der Waals surface area contributed by atoms with E-state index in [9.17, 15) is 9.59 Å². The molecule has 0 aliphatic heterocycles. The average molecular weight is 403 g/mol. The van der Waals surface area contributed by atoms with E-state index >= 15 is 0 Å². The van der Waals surface area contributed by atoms with Crippen LogP contribution in [0.2, 0.25) is 0 Å². The summed E-state index contributed by atoms with van der Waals surface area (Å²) >= 11 is 0. The molecule has 0 aromatic rings. The maximum atomic E-state index is 10.7. The molecule has 0 saturated heterocycles. The summed E-state index contributed by atoms with van der Waals surface area (Å²) in [5, 5.41) is 0. The molecule has 0 fully saturated rings. The SMILES string of the molecule is CCCCCC(=O)OCC.CCCCCC(=O)OCC.[Co].[Fe]. The molecule has 0 aliphatic rings. The van der Waals surface area contributed by atoms with E-state index < -0.39 is 0 Å². The van der Waals surface area contributed by atoms with Crippen molar-refractivity contribution < 1.29 is 52.9 Å². The summed E-state index contributed by atoms with van der Waals surface area (Å²) in [6, 6.07) is 0. The third kappa shape index (κ3) is 28.2. The Morgan fingerprint density at radius 3 is 1.23 bits per heavy atom. The predicted molar refractivity (Wildman–Crippen MR) is 81.6 cm³/mol. The van der Waals surface area contributed by atoms with Crippen molar-refractivity contribution >= 4 is 11.9 Å². The van der Waals surface area contributed by atoms with Gasteiger partial charge in [-0.05, 0) is 26.7 Å². The van der Waals surface area contributed by atoms with E-state index in [2.05, 4.69) is 13.8 Å². The second-order valence-electron chi connectivity index (χ2n) is 4.52. The number of hydrogen-bond donors (Lipinski definition) is 0. The molecule has 6 heteroatoms. The van der Waals surface area contributed by atoms with E-state index in [1.165, 1.54) is 0 Å². The van der Waals surface area contributed by atoms with Crippen molar-refractivity contribution in [3.63, 3.8) is 0 Å². The molecule has 0 aromatic heterocycles. The largest absolute Gasteiger partial charge is 0.466 e. The summed E-state index contributed by atoms with van der Waals surface area (Å²) in [5.41, 5.74) is 0. The van der Waals surface area contributed by atoms with Gasteiger partial charge in [-0.1, -0.05) is 39.5 Å². The second-order valence-corrected chi connectivity index (χ2v) is 4.52. The van der Waals surface area contributed by atoms with Crippen molar-refractivity contribution in [1.82, 2.24) is 0 Å². The summed E-state index contributed by atoms with van der Waals surface area (Å²) in [7, 11) is 0. The number of rotatable bonds is 10. The fraction of sp³-hybridized carbons (Fsp3) is 0.875. The zero-order valence-corrected chi connectivity index (χ0v) is 16.5. The molecule has 0 amide bonds. The van der Waals surface area contributed by atoms with Crippen LogP contribution < -0.4 is 0 Å². The Balaban J connectivity index is -0.000000135. The van der Waals surface area contributed by atoms with Gasteiger partial charge in [-0.3, -0.25) is 9.59 Å². The van der Waals surface area contributed by atoms with Gasteiger partial charge in [-0.25, -0.2) is 0 Å². The van der Waals surface area contributed by atoms with Crippen LogP contribution in [-0.2, 0) is 52.9 Å². The maximum absolute atomic E-state index is 10.7. The number of esters is 2. The summed E-state index contributed by atoms with van der Waals surface area (Å²) < 4.78 is 9.50. The van der Waals surface area contributed by atoms with Crippen LogP contribution in [0.4, 0.5) is 0 Å². The standard InChI is InChI=1S/2C8H16O2.Co.Fe/c2*1-3-5-6-7-8(9)10-4-2;;/h2*3-7H2,1-2H3;;. The molecular weight excluding hydrogens is 371 g/mol. The van der Waals surface area contributed by atoms with Gasteiger partial charge in [-0.15, -0.1) is 0 Å². The van der Waals surface area contributed by atoms with Gasteiger partial charge >= 0.3 is 11.9 Å². The molecule has 0 aromatic carbocycles. The molecule has 0 N–H and O–H groups in total. The van der Waals surface area contributed by atoms with Gasteiger partial charge in [-0.2, -0.15) is 0 Å². The van der Waals surface area contributed by atoms with Crippen LogP contribution in [0.3, 0.4) is 0 Å². The first-order valence-corrected chi connectivity index (χ1v) is 7.93. The summed E-state index contributed by atoms with van der Waals surface area (Å²) in [6.45, 7) is 8.90. The second kappa shape index (κ2) is 25.9. The monoisotopic (exact) mass is 403 g/mol. The Kier molecular flexibility index (Phi) is 35.2. The number of ether oxygens (including phenoxy) is 2. The molecular formula is C16H32CoFeO4. The van der Waals surface area contributed by atoms with Gasteiger partial charge in [0.15, 0.2) is 0 Å². The molecule has 0 rings (SSSR count). The molecule has 0 bridgehead atoms. The van der Waals surface area contributed by atoms with Crippen molar-refractivity contribution in [2.24, 2.45) is 0 Å². The van der Waals surface area contributed by atoms with Crippen LogP contribution in [-0.4, -0.2) is 25.2 Å². The van der Waals surface area contributed by atoms with E-state index in [1.807, 2.05) is 13.8 Å². The third-order valence-corrected chi connectivity index (χ3v) is 2.58. The quantitative estimate of drug-likeness (QED) is 0.311. The average Bonchev–Trinajstić information content (AvgIpc) is 2.41. The van der Waals surface area contributed by atoms with Crippen molar-refractivity contribution in [2.75, 3.05) is 13.2 Å². The molecule has 0 saturated carbocycles. The van der Waals surface area contributed by atoms with Crippen molar-refractivity contribution in [3.05, 3.63) is 0 Å². The van der Waals surface area contributed by atoms with E-state index in [0.717, 1.165) is 38.5 Å². The molecule has 1 radical (unpaired) electrons. The first kappa shape index (κ1) is 29.9. The summed E-state index contributed by atoms with van der Waals surface area (Å²) in [5.74, 6) is -0.119. The molecule has 0 heterocycles. The number of carbonyl (C=O) groups excluding carboxylic acids is 2. The molecule has 4 nitrogen and oxygen atoms in total. The fourth-order valence-corrected chi connectivity index (χ4v) is 1.50. The Bertz CT molecular complexity index is 214. The normalized spacial score (nSPS) is 8.55. The Hall–Kier alpha value is -0.0340. The van der Waals surface area contributed by atoms with Gasteiger partial charge < -0.3 is 9.47 Å². The Morgan fingerprint density at radius 2 is 1.00 bits per heavy atom. The fourth-order valence-electron chi connectivity index (χ4n) is 1.50. The molecule has 137 valence electrons. The molecule has 22 heavy (non-hydrogen) atoms. The van der Waals surface area contributed by atoms with Gasteiger partial charge in [0.1, 0.15) is 0 Å².